The van der Waals surface area contributed by atoms with Crippen molar-refractivity contribution in [3.8, 4) is 5.75 Å². The molecule has 3 atom stereocenters. The number of carbonyl (C=O) groups is 1. The molecule has 0 aliphatic carbocycles. The third-order valence-electron chi connectivity index (χ3n) is 7.44. The van der Waals surface area contributed by atoms with Crippen molar-refractivity contribution in [1.82, 2.24) is 5.32 Å². The van der Waals surface area contributed by atoms with Gasteiger partial charge in [-0.1, -0.05) is 67.0 Å². The lowest BCUT2D eigenvalue weighted by molar-refractivity contribution is -0.121. The molecule has 1 amide bonds. The SMILES string of the molecule is CCC[Si]1(OC)O[Si](C)(C)O[Si](CCCNC(=O)CCc2cc(C(C)(C)C)c(O)c(C(C)(C)C)c2)(OC)O[Si](C)(OC)O1. The molecule has 1 heterocycles. The Morgan fingerprint density at radius 3 is 1.74 bits per heavy atom. The van der Waals surface area contributed by atoms with Crippen LogP contribution in [0.3, 0.4) is 0 Å². The highest BCUT2D eigenvalue weighted by atomic mass is 28.5. The lowest BCUT2D eigenvalue weighted by Crippen LogP contribution is -2.70. The molecule has 1 aliphatic heterocycles. The molecule has 0 saturated carbocycles. The highest BCUT2D eigenvalue weighted by molar-refractivity contribution is 6.89. The summed E-state index contributed by atoms with van der Waals surface area (Å²) in [5.41, 5.74) is 2.40. The minimum absolute atomic E-state index is 0.0387. The van der Waals surface area contributed by atoms with Crippen molar-refractivity contribution < 1.29 is 39.6 Å². The van der Waals surface area contributed by atoms with Gasteiger partial charge in [0.2, 0.25) is 5.91 Å². The van der Waals surface area contributed by atoms with Gasteiger partial charge in [-0.05, 0) is 53.5 Å². The van der Waals surface area contributed by atoms with Gasteiger partial charge in [0.05, 0.1) is 0 Å². The first kappa shape index (κ1) is 38.3. The molecular formula is C29H57NO9Si4. The third-order valence-corrected chi connectivity index (χ3v) is 23.4. The summed E-state index contributed by atoms with van der Waals surface area (Å²) in [6, 6.07) is 5.16. The zero-order valence-electron chi connectivity index (χ0n) is 28.8. The molecular weight excluding hydrogens is 619 g/mol. The van der Waals surface area contributed by atoms with E-state index in [-0.39, 0.29) is 16.7 Å². The topological polar surface area (TPSA) is 114 Å². The number of amides is 1. The molecule has 1 saturated heterocycles. The van der Waals surface area contributed by atoms with Crippen LogP contribution < -0.4 is 5.32 Å². The number of phenolic OH excluding ortho intramolecular Hbond substituents is 1. The van der Waals surface area contributed by atoms with Crippen LogP contribution in [0.1, 0.15) is 84.4 Å². The zero-order valence-corrected chi connectivity index (χ0v) is 32.8. The molecule has 14 heteroatoms. The maximum Gasteiger partial charge on any atom is 0.484 e. The summed E-state index contributed by atoms with van der Waals surface area (Å²) in [6.45, 7) is 20.8. The Balaban J connectivity index is 2.09. The highest BCUT2D eigenvalue weighted by Gasteiger charge is 2.62. The quantitative estimate of drug-likeness (QED) is 0.203. The number of hydrogen-bond donors (Lipinski definition) is 2. The van der Waals surface area contributed by atoms with Crippen molar-refractivity contribution >= 4 is 40.9 Å². The smallest absolute Gasteiger partial charge is 0.484 e. The van der Waals surface area contributed by atoms with Crippen LogP contribution in [-0.2, 0) is 51.8 Å². The lowest BCUT2D eigenvalue weighted by Gasteiger charge is -2.47. The fourth-order valence-electron chi connectivity index (χ4n) is 5.22. The number of carbonyl (C=O) groups excluding carboxylic acids is 1. The Labute approximate surface area is 264 Å². The molecule has 0 radical (unpaired) electrons. The van der Waals surface area contributed by atoms with Crippen LogP contribution in [0.4, 0.5) is 0 Å². The lowest BCUT2D eigenvalue weighted by atomic mass is 9.78. The van der Waals surface area contributed by atoms with Crippen molar-refractivity contribution in [2.45, 2.75) is 117 Å². The Kier molecular flexibility index (Phi) is 13.0. The second kappa shape index (κ2) is 14.7. The van der Waals surface area contributed by atoms with Crippen LogP contribution in [0.15, 0.2) is 12.1 Å². The van der Waals surface area contributed by atoms with E-state index in [1.807, 2.05) is 31.8 Å². The van der Waals surface area contributed by atoms with Crippen LogP contribution in [0.5, 0.6) is 5.75 Å². The van der Waals surface area contributed by atoms with Crippen LogP contribution in [0.2, 0.25) is 31.7 Å². The molecule has 2 rings (SSSR count). The van der Waals surface area contributed by atoms with Crippen LogP contribution in [-0.4, -0.2) is 73.9 Å². The number of rotatable bonds is 12. The van der Waals surface area contributed by atoms with Crippen molar-refractivity contribution in [2.75, 3.05) is 27.9 Å². The van der Waals surface area contributed by atoms with Crippen LogP contribution >= 0.6 is 0 Å². The second-order valence-corrected chi connectivity index (χ2v) is 26.6. The van der Waals surface area contributed by atoms with Gasteiger partial charge in [-0.3, -0.25) is 4.79 Å². The van der Waals surface area contributed by atoms with Gasteiger partial charge in [0, 0.05) is 52.9 Å². The largest absolute Gasteiger partial charge is 0.507 e. The van der Waals surface area contributed by atoms with Crippen molar-refractivity contribution in [2.24, 2.45) is 0 Å². The van der Waals surface area contributed by atoms with Crippen molar-refractivity contribution in [3.05, 3.63) is 28.8 Å². The summed E-state index contributed by atoms with van der Waals surface area (Å²) < 4.78 is 43.9. The summed E-state index contributed by atoms with van der Waals surface area (Å²) in [5, 5.41) is 14.0. The number of benzene rings is 1. The molecule has 1 aromatic carbocycles. The minimum atomic E-state index is -3.29. The van der Waals surface area contributed by atoms with Gasteiger partial charge in [0.1, 0.15) is 5.75 Å². The van der Waals surface area contributed by atoms with Gasteiger partial charge in [-0.25, -0.2) is 0 Å². The van der Waals surface area contributed by atoms with Gasteiger partial charge in [-0.2, -0.15) is 0 Å². The van der Waals surface area contributed by atoms with E-state index in [0.29, 0.717) is 43.6 Å². The van der Waals surface area contributed by atoms with Crippen molar-refractivity contribution in [3.63, 3.8) is 0 Å². The van der Waals surface area contributed by atoms with Crippen LogP contribution in [0, 0.1) is 0 Å². The molecule has 248 valence electrons. The maximum atomic E-state index is 12.9. The summed E-state index contributed by atoms with van der Waals surface area (Å²) >= 11 is 0. The molecule has 3 unspecified atom stereocenters. The number of aromatic hydroxyl groups is 1. The first-order valence-electron chi connectivity index (χ1n) is 15.3. The van der Waals surface area contributed by atoms with E-state index in [4.69, 9.17) is 29.7 Å². The van der Waals surface area contributed by atoms with E-state index in [1.54, 1.807) is 21.3 Å². The fraction of sp³-hybridized carbons (Fsp3) is 0.759. The Bertz CT molecular complexity index is 1060. The first-order valence-corrected chi connectivity index (χ1v) is 24.2. The van der Waals surface area contributed by atoms with Gasteiger partial charge < -0.3 is 40.2 Å². The standard InChI is InChI=1S/C29H57NO9Si4/c1-14-19-42(34-9)36-40(11,12)37-43(35-10,39-41(13,33-8)38-42)20-15-18-30-26(31)17-16-23-21-24(28(2,3)4)27(32)25(22-23)29(5,6)7/h21-22,32H,14-20H2,1-13H3,(H,30,31). The maximum absolute atomic E-state index is 12.9. The number of phenols is 1. The van der Waals surface area contributed by atoms with Gasteiger partial charge in [0.25, 0.3) is 0 Å². The van der Waals surface area contributed by atoms with Gasteiger partial charge >= 0.3 is 35.0 Å². The fourth-order valence-corrected chi connectivity index (χ4v) is 23.2. The van der Waals surface area contributed by atoms with Crippen LogP contribution in [0.25, 0.3) is 0 Å². The average molecular weight is 676 g/mol. The third kappa shape index (κ3) is 10.6. The van der Waals surface area contributed by atoms with E-state index < -0.39 is 35.0 Å². The Morgan fingerprint density at radius 1 is 0.837 bits per heavy atom. The first-order chi connectivity index (χ1) is 19.7. The molecule has 2 N–H and O–H groups in total. The zero-order chi connectivity index (χ0) is 32.9. The number of nitrogens with one attached hydrogen (secondary N) is 1. The molecule has 43 heavy (non-hydrogen) atoms. The second-order valence-electron chi connectivity index (χ2n) is 13.9. The van der Waals surface area contributed by atoms with Crippen molar-refractivity contribution in [1.29, 1.82) is 0 Å². The Hall–Kier alpha value is -0.922. The number of hydrogen-bond acceptors (Lipinski definition) is 9. The van der Waals surface area contributed by atoms with E-state index in [1.165, 1.54) is 0 Å². The average Bonchev–Trinajstić information content (AvgIpc) is 2.88. The molecule has 0 aromatic heterocycles. The summed E-state index contributed by atoms with van der Waals surface area (Å²) in [5.74, 6) is 0.307. The highest BCUT2D eigenvalue weighted by Crippen LogP contribution is 2.40. The summed E-state index contributed by atoms with van der Waals surface area (Å²) in [7, 11) is -7.63. The summed E-state index contributed by atoms with van der Waals surface area (Å²) in [4.78, 5) is 12.9. The van der Waals surface area contributed by atoms with E-state index in [9.17, 15) is 9.90 Å². The van der Waals surface area contributed by atoms with Gasteiger partial charge in [0.15, 0.2) is 0 Å². The molecule has 1 aromatic rings. The normalized spacial score (nSPS) is 26.5. The molecule has 10 nitrogen and oxygen atoms in total. The predicted octanol–water partition coefficient (Wildman–Crippen LogP) is 6.00. The summed E-state index contributed by atoms with van der Waals surface area (Å²) in [6.07, 6.45) is 2.34. The monoisotopic (exact) mass is 675 g/mol. The van der Waals surface area contributed by atoms with Gasteiger partial charge in [-0.15, -0.1) is 0 Å². The Morgan fingerprint density at radius 2 is 1.33 bits per heavy atom. The molecule has 1 fully saturated rings. The molecule has 0 bridgehead atoms. The van der Waals surface area contributed by atoms with E-state index in [0.717, 1.165) is 23.1 Å². The number of aryl methyl sites for hydroxylation is 1. The minimum Gasteiger partial charge on any atom is -0.507 e. The predicted molar refractivity (Wildman–Crippen MR) is 177 cm³/mol. The molecule has 1 aliphatic rings. The van der Waals surface area contributed by atoms with E-state index >= 15 is 0 Å². The van der Waals surface area contributed by atoms with E-state index in [2.05, 4.69) is 53.8 Å². The molecule has 0 spiro atoms.